The molecular weight excluding hydrogens is 216 g/mol. The Kier molecular flexibility index (Phi) is 4.04. The summed E-state index contributed by atoms with van der Waals surface area (Å²) >= 11 is 0. The van der Waals surface area contributed by atoms with Gasteiger partial charge in [-0.25, -0.2) is 9.97 Å². The molecule has 0 bridgehead atoms. The first-order valence-electron chi connectivity index (χ1n) is 6.10. The van der Waals surface area contributed by atoms with Gasteiger partial charge < -0.3 is 15.7 Å². The summed E-state index contributed by atoms with van der Waals surface area (Å²) in [5, 5.41) is 9.64. The molecule has 0 spiro atoms. The van der Waals surface area contributed by atoms with E-state index in [1.807, 2.05) is 6.07 Å². The fourth-order valence-corrected chi connectivity index (χ4v) is 2.19. The van der Waals surface area contributed by atoms with Crippen LogP contribution < -0.4 is 5.73 Å². The second kappa shape index (κ2) is 5.53. The zero-order valence-corrected chi connectivity index (χ0v) is 10.2. The van der Waals surface area contributed by atoms with Gasteiger partial charge >= 0.3 is 0 Å². The van der Waals surface area contributed by atoms with Gasteiger partial charge in [0.2, 0.25) is 0 Å². The van der Waals surface area contributed by atoms with E-state index in [-0.39, 0.29) is 6.54 Å². The highest BCUT2D eigenvalue weighted by atomic mass is 16.3. The summed E-state index contributed by atoms with van der Waals surface area (Å²) < 4.78 is 0. The molecule has 0 radical (unpaired) electrons. The molecule has 1 aromatic heterocycles. The van der Waals surface area contributed by atoms with Crippen LogP contribution >= 0.6 is 0 Å². The maximum atomic E-state index is 9.64. The van der Waals surface area contributed by atoms with Crippen LogP contribution in [-0.2, 0) is 0 Å². The zero-order valence-electron chi connectivity index (χ0n) is 10.2. The van der Waals surface area contributed by atoms with Gasteiger partial charge in [-0.15, -0.1) is 0 Å². The van der Waals surface area contributed by atoms with Gasteiger partial charge in [-0.05, 0) is 39.0 Å². The third kappa shape index (κ3) is 3.00. The first-order valence-corrected chi connectivity index (χ1v) is 6.10. The molecule has 5 nitrogen and oxygen atoms in total. The quantitative estimate of drug-likeness (QED) is 0.788. The number of piperidine rings is 1. The largest absolute Gasteiger partial charge is 0.384 e. The minimum Gasteiger partial charge on any atom is -0.384 e. The lowest BCUT2D eigenvalue weighted by Gasteiger charge is -2.28. The molecule has 5 heteroatoms. The number of aromatic nitrogens is 2. The van der Waals surface area contributed by atoms with Gasteiger partial charge in [-0.2, -0.15) is 0 Å². The van der Waals surface area contributed by atoms with E-state index in [4.69, 9.17) is 5.73 Å². The summed E-state index contributed by atoms with van der Waals surface area (Å²) in [4.78, 5) is 10.8. The molecule has 1 atom stereocenters. The molecule has 3 N–H and O–H groups in total. The van der Waals surface area contributed by atoms with Gasteiger partial charge in [0.25, 0.3) is 0 Å². The molecule has 1 aliphatic heterocycles. The van der Waals surface area contributed by atoms with E-state index in [0.29, 0.717) is 11.7 Å². The minimum absolute atomic E-state index is 0.164. The van der Waals surface area contributed by atoms with Crippen LogP contribution in [0.25, 0.3) is 0 Å². The number of nitrogens with two attached hydrogens (primary N) is 1. The third-order valence-electron chi connectivity index (χ3n) is 3.35. The van der Waals surface area contributed by atoms with Crippen molar-refractivity contribution in [3.63, 3.8) is 0 Å². The fraction of sp³-hybridized carbons (Fsp3) is 0.667. The standard InChI is InChI=1S/C12H20N4O/c1-16-6-3-9(4-7-16)10-2-5-14-12(15-10)11(17)8-13/h2,5,9,11,17H,3-4,6-8,13H2,1H3. The third-order valence-corrected chi connectivity index (χ3v) is 3.35. The minimum atomic E-state index is -0.749. The van der Waals surface area contributed by atoms with Gasteiger partial charge in [0.15, 0.2) is 5.82 Å². The number of aliphatic hydroxyl groups excluding tert-OH is 1. The molecule has 0 aromatic carbocycles. The highest BCUT2D eigenvalue weighted by Gasteiger charge is 2.20. The fourth-order valence-electron chi connectivity index (χ4n) is 2.19. The van der Waals surface area contributed by atoms with E-state index in [1.165, 1.54) is 0 Å². The Bertz CT molecular complexity index is 363. The van der Waals surface area contributed by atoms with E-state index in [2.05, 4.69) is 21.9 Å². The van der Waals surface area contributed by atoms with Gasteiger partial charge in [0.1, 0.15) is 6.10 Å². The number of hydrogen-bond donors (Lipinski definition) is 2. The van der Waals surface area contributed by atoms with Crippen molar-refractivity contribution < 1.29 is 5.11 Å². The van der Waals surface area contributed by atoms with Crippen molar-refractivity contribution in [1.29, 1.82) is 0 Å². The van der Waals surface area contributed by atoms with Crippen molar-refractivity contribution in [2.75, 3.05) is 26.7 Å². The van der Waals surface area contributed by atoms with E-state index in [1.54, 1.807) is 6.20 Å². The molecule has 0 amide bonds. The molecular formula is C12H20N4O. The lowest BCUT2D eigenvalue weighted by molar-refractivity contribution is 0.175. The molecule has 94 valence electrons. The second-order valence-corrected chi connectivity index (χ2v) is 4.67. The number of hydrogen-bond acceptors (Lipinski definition) is 5. The Labute approximate surface area is 102 Å². The highest BCUT2D eigenvalue weighted by Crippen LogP contribution is 2.26. The van der Waals surface area contributed by atoms with Crippen molar-refractivity contribution in [3.8, 4) is 0 Å². The maximum absolute atomic E-state index is 9.64. The highest BCUT2D eigenvalue weighted by molar-refractivity contribution is 5.10. The molecule has 1 aromatic rings. The predicted molar refractivity (Wildman–Crippen MR) is 65.5 cm³/mol. The summed E-state index contributed by atoms with van der Waals surface area (Å²) in [6, 6.07) is 1.95. The van der Waals surface area contributed by atoms with Crippen molar-refractivity contribution in [1.82, 2.24) is 14.9 Å². The summed E-state index contributed by atoms with van der Waals surface area (Å²) in [5.41, 5.74) is 6.45. The summed E-state index contributed by atoms with van der Waals surface area (Å²) in [5.74, 6) is 0.932. The molecule has 1 saturated heterocycles. The molecule has 2 heterocycles. The number of nitrogens with zero attached hydrogens (tertiary/aromatic N) is 3. The molecule has 1 aliphatic rings. The SMILES string of the molecule is CN1CCC(c2ccnc(C(O)CN)n2)CC1. The van der Waals surface area contributed by atoms with Gasteiger partial charge in [-0.1, -0.05) is 0 Å². The Morgan fingerprint density at radius 1 is 1.53 bits per heavy atom. The van der Waals surface area contributed by atoms with Crippen molar-refractivity contribution >= 4 is 0 Å². The number of rotatable bonds is 3. The molecule has 2 rings (SSSR count). The Morgan fingerprint density at radius 2 is 2.24 bits per heavy atom. The molecule has 0 saturated carbocycles. The summed E-state index contributed by atoms with van der Waals surface area (Å²) in [6.45, 7) is 2.36. The van der Waals surface area contributed by atoms with Crippen LogP contribution in [0.15, 0.2) is 12.3 Å². The van der Waals surface area contributed by atoms with Crippen LogP contribution in [0.2, 0.25) is 0 Å². The average molecular weight is 236 g/mol. The van der Waals surface area contributed by atoms with Gasteiger partial charge in [0.05, 0.1) is 0 Å². The van der Waals surface area contributed by atoms with Crippen molar-refractivity contribution in [2.45, 2.75) is 24.9 Å². The summed E-state index contributed by atoms with van der Waals surface area (Å²) in [7, 11) is 2.14. The van der Waals surface area contributed by atoms with E-state index in [0.717, 1.165) is 31.6 Å². The monoisotopic (exact) mass is 236 g/mol. The Morgan fingerprint density at radius 3 is 2.88 bits per heavy atom. The van der Waals surface area contributed by atoms with Gasteiger partial charge in [0, 0.05) is 24.4 Å². The smallest absolute Gasteiger partial charge is 0.158 e. The molecule has 1 unspecified atom stereocenters. The van der Waals surface area contributed by atoms with Crippen LogP contribution in [0.3, 0.4) is 0 Å². The van der Waals surface area contributed by atoms with E-state index < -0.39 is 6.10 Å². The predicted octanol–water partition coefficient (Wildman–Crippen LogP) is 0.278. The zero-order chi connectivity index (χ0) is 12.3. The van der Waals surface area contributed by atoms with Crippen molar-refractivity contribution in [2.24, 2.45) is 5.73 Å². The lowest BCUT2D eigenvalue weighted by Crippen LogP contribution is -2.29. The number of aliphatic hydroxyl groups is 1. The summed E-state index contributed by atoms with van der Waals surface area (Å²) in [6.07, 6.45) is 3.20. The van der Waals surface area contributed by atoms with Crippen LogP contribution in [0.4, 0.5) is 0 Å². The van der Waals surface area contributed by atoms with Crippen LogP contribution in [0.5, 0.6) is 0 Å². The van der Waals surface area contributed by atoms with Crippen LogP contribution in [0, 0.1) is 0 Å². The molecule has 1 fully saturated rings. The van der Waals surface area contributed by atoms with Crippen molar-refractivity contribution in [3.05, 3.63) is 23.8 Å². The Hall–Kier alpha value is -1.04. The molecule has 17 heavy (non-hydrogen) atoms. The lowest BCUT2D eigenvalue weighted by atomic mass is 9.93. The van der Waals surface area contributed by atoms with E-state index >= 15 is 0 Å². The second-order valence-electron chi connectivity index (χ2n) is 4.67. The maximum Gasteiger partial charge on any atom is 0.158 e. The molecule has 0 aliphatic carbocycles. The average Bonchev–Trinajstić information content (AvgIpc) is 2.39. The van der Waals surface area contributed by atoms with E-state index in [9.17, 15) is 5.11 Å². The normalized spacial score (nSPS) is 20.4. The topological polar surface area (TPSA) is 75.3 Å². The van der Waals surface area contributed by atoms with Gasteiger partial charge in [-0.3, -0.25) is 0 Å². The van der Waals surface area contributed by atoms with Crippen LogP contribution in [0.1, 0.15) is 36.4 Å². The number of likely N-dealkylation sites (tertiary alicyclic amines) is 1. The first kappa shape index (κ1) is 12.4. The van der Waals surface area contributed by atoms with Crippen LogP contribution in [-0.4, -0.2) is 46.7 Å². The Balaban J connectivity index is 2.10. The first-order chi connectivity index (χ1) is 8.20.